The second-order valence-corrected chi connectivity index (χ2v) is 8.45. The van der Waals surface area contributed by atoms with E-state index in [1.165, 1.54) is 23.8 Å². The standard InChI is InChI=1S/C21H22F2N4OS/c1-11-6-4-5-9-27(11)19-17-12(2)18(29-21(17)25-13(3)24-19)20(28)26-16-8-7-14(22)10-15(16)23/h7-8,10-11H,4-6,9H2,1-3H3,(H,26,28)/t11-/m0/s1. The first-order chi connectivity index (χ1) is 13.8. The Balaban J connectivity index is 1.75. The fourth-order valence-corrected chi connectivity index (χ4v) is 4.94. The molecule has 0 aliphatic carbocycles. The van der Waals surface area contributed by atoms with E-state index < -0.39 is 17.5 Å². The number of rotatable bonds is 3. The van der Waals surface area contributed by atoms with E-state index in [1.807, 2.05) is 13.8 Å². The van der Waals surface area contributed by atoms with Crippen LogP contribution < -0.4 is 10.2 Å². The SMILES string of the molecule is Cc1nc(N2CCCC[C@@H]2C)c2c(C)c(C(=O)Nc3ccc(F)cc3F)sc2n1. The third-order valence-corrected chi connectivity index (χ3v) is 6.53. The van der Waals surface area contributed by atoms with Crippen molar-refractivity contribution in [1.82, 2.24) is 9.97 Å². The molecule has 152 valence electrons. The Morgan fingerprint density at radius 2 is 2.03 bits per heavy atom. The van der Waals surface area contributed by atoms with Crippen LogP contribution in [0, 0.1) is 25.5 Å². The minimum absolute atomic E-state index is 0.0552. The lowest BCUT2D eigenvalue weighted by Gasteiger charge is -2.35. The van der Waals surface area contributed by atoms with Gasteiger partial charge in [0.25, 0.3) is 5.91 Å². The van der Waals surface area contributed by atoms with Gasteiger partial charge in [0.1, 0.15) is 28.1 Å². The molecule has 1 atom stereocenters. The van der Waals surface area contributed by atoms with Crippen LogP contribution in [0.4, 0.5) is 20.3 Å². The number of thiophene rings is 1. The quantitative estimate of drug-likeness (QED) is 0.636. The van der Waals surface area contributed by atoms with Gasteiger partial charge in [-0.1, -0.05) is 0 Å². The van der Waals surface area contributed by atoms with Crippen molar-refractivity contribution in [3.05, 3.63) is 46.1 Å². The van der Waals surface area contributed by atoms with Crippen molar-refractivity contribution in [3.63, 3.8) is 0 Å². The highest BCUT2D eigenvalue weighted by molar-refractivity contribution is 7.20. The molecule has 0 bridgehead atoms. The number of hydrogen-bond donors (Lipinski definition) is 1. The van der Waals surface area contributed by atoms with Gasteiger partial charge in [0.15, 0.2) is 0 Å². The number of fused-ring (bicyclic) bond motifs is 1. The Kier molecular flexibility index (Phi) is 5.21. The van der Waals surface area contributed by atoms with Gasteiger partial charge < -0.3 is 10.2 Å². The van der Waals surface area contributed by atoms with Gasteiger partial charge in [-0.15, -0.1) is 11.3 Å². The fraction of sp³-hybridized carbons (Fsp3) is 0.381. The van der Waals surface area contributed by atoms with Crippen LogP contribution in [-0.2, 0) is 0 Å². The summed E-state index contributed by atoms with van der Waals surface area (Å²) in [6, 6.07) is 3.45. The number of nitrogens with zero attached hydrogens (tertiary/aromatic N) is 3. The number of halogens is 2. The van der Waals surface area contributed by atoms with E-state index in [1.54, 1.807) is 0 Å². The van der Waals surface area contributed by atoms with Gasteiger partial charge in [-0.3, -0.25) is 4.79 Å². The van der Waals surface area contributed by atoms with E-state index in [0.29, 0.717) is 16.7 Å². The molecular weight excluding hydrogens is 394 g/mol. The van der Waals surface area contributed by atoms with Gasteiger partial charge in [0.05, 0.1) is 16.0 Å². The number of hydrogen-bond acceptors (Lipinski definition) is 5. The lowest BCUT2D eigenvalue weighted by atomic mass is 10.0. The average Bonchev–Trinajstić information content (AvgIpc) is 3.00. The maximum absolute atomic E-state index is 14.0. The summed E-state index contributed by atoms with van der Waals surface area (Å²) in [5.41, 5.74) is 0.721. The van der Waals surface area contributed by atoms with Crippen molar-refractivity contribution in [2.45, 2.75) is 46.1 Å². The molecule has 29 heavy (non-hydrogen) atoms. The van der Waals surface area contributed by atoms with Crippen molar-refractivity contribution in [3.8, 4) is 0 Å². The summed E-state index contributed by atoms with van der Waals surface area (Å²) < 4.78 is 27.1. The van der Waals surface area contributed by atoms with E-state index in [0.717, 1.165) is 53.1 Å². The first kappa shape index (κ1) is 19.7. The van der Waals surface area contributed by atoms with Crippen LogP contribution >= 0.6 is 11.3 Å². The maximum Gasteiger partial charge on any atom is 0.266 e. The Morgan fingerprint density at radius 1 is 1.24 bits per heavy atom. The molecule has 0 radical (unpaired) electrons. The van der Waals surface area contributed by atoms with Crippen LogP contribution in [0.5, 0.6) is 0 Å². The highest BCUT2D eigenvalue weighted by Crippen LogP contribution is 2.37. The highest BCUT2D eigenvalue weighted by Gasteiger charge is 2.26. The number of piperidine rings is 1. The molecule has 0 unspecified atom stereocenters. The second kappa shape index (κ2) is 7.67. The van der Waals surface area contributed by atoms with Crippen molar-refractivity contribution in [1.29, 1.82) is 0 Å². The second-order valence-electron chi connectivity index (χ2n) is 7.45. The normalized spacial score (nSPS) is 17.0. The maximum atomic E-state index is 14.0. The van der Waals surface area contributed by atoms with Gasteiger partial charge in [0, 0.05) is 18.7 Å². The summed E-state index contributed by atoms with van der Waals surface area (Å²) >= 11 is 1.27. The molecule has 8 heteroatoms. The third kappa shape index (κ3) is 3.69. The van der Waals surface area contributed by atoms with Gasteiger partial charge in [-0.25, -0.2) is 18.7 Å². The van der Waals surface area contributed by atoms with Gasteiger partial charge in [0.2, 0.25) is 0 Å². The summed E-state index contributed by atoms with van der Waals surface area (Å²) in [6.45, 7) is 6.82. The minimum atomic E-state index is -0.810. The largest absolute Gasteiger partial charge is 0.353 e. The predicted octanol–water partition coefficient (Wildman–Crippen LogP) is 5.22. The van der Waals surface area contributed by atoms with Gasteiger partial charge >= 0.3 is 0 Å². The molecule has 1 N–H and O–H groups in total. The highest BCUT2D eigenvalue weighted by atomic mass is 32.1. The van der Waals surface area contributed by atoms with Crippen LogP contribution in [0.2, 0.25) is 0 Å². The summed E-state index contributed by atoms with van der Waals surface area (Å²) in [7, 11) is 0. The van der Waals surface area contributed by atoms with Crippen LogP contribution in [0.15, 0.2) is 18.2 Å². The molecule has 4 rings (SSSR count). The number of aromatic nitrogens is 2. The first-order valence-corrected chi connectivity index (χ1v) is 10.5. The fourth-order valence-electron chi connectivity index (χ4n) is 3.83. The lowest BCUT2D eigenvalue weighted by Crippen LogP contribution is -2.38. The van der Waals surface area contributed by atoms with Crippen molar-refractivity contribution < 1.29 is 13.6 Å². The van der Waals surface area contributed by atoms with Crippen LogP contribution in [0.25, 0.3) is 10.2 Å². The number of carbonyl (C=O) groups excluding carboxylic acids is 1. The molecule has 0 saturated carbocycles. The molecule has 1 fully saturated rings. The number of carbonyl (C=O) groups is 1. The summed E-state index contributed by atoms with van der Waals surface area (Å²) in [6.07, 6.45) is 3.41. The number of aryl methyl sites for hydroxylation is 2. The zero-order valence-corrected chi connectivity index (χ0v) is 17.4. The molecule has 1 aliphatic heterocycles. The summed E-state index contributed by atoms with van der Waals surface area (Å²) in [4.78, 5) is 25.6. The molecule has 0 spiro atoms. The molecule has 1 amide bonds. The van der Waals surface area contributed by atoms with E-state index >= 15 is 0 Å². The predicted molar refractivity (Wildman–Crippen MR) is 112 cm³/mol. The van der Waals surface area contributed by atoms with Crippen molar-refractivity contribution in [2.24, 2.45) is 0 Å². The lowest BCUT2D eigenvalue weighted by molar-refractivity contribution is 0.102. The van der Waals surface area contributed by atoms with Gasteiger partial charge in [-0.2, -0.15) is 0 Å². The average molecular weight is 416 g/mol. The Hall–Kier alpha value is -2.61. The Bertz CT molecular complexity index is 1100. The number of nitrogens with one attached hydrogen (secondary N) is 1. The summed E-state index contributed by atoms with van der Waals surface area (Å²) in [5.74, 6) is -0.421. The zero-order chi connectivity index (χ0) is 20.7. The van der Waals surface area contributed by atoms with Crippen molar-refractivity contribution >= 4 is 39.0 Å². The number of amides is 1. The molecule has 3 heterocycles. The smallest absolute Gasteiger partial charge is 0.266 e. The molecular formula is C21H22F2N4OS. The molecule has 2 aromatic heterocycles. The first-order valence-electron chi connectivity index (χ1n) is 9.66. The number of anilines is 2. The minimum Gasteiger partial charge on any atom is -0.353 e. The van der Waals surface area contributed by atoms with E-state index in [9.17, 15) is 13.6 Å². The zero-order valence-electron chi connectivity index (χ0n) is 16.6. The van der Waals surface area contributed by atoms with Crippen molar-refractivity contribution in [2.75, 3.05) is 16.8 Å². The Labute approximate surface area is 171 Å². The molecule has 1 aromatic carbocycles. The molecule has 1 saturated heterocycles. The van der Waals surface area contributed by atoms with Crippen LogP contribution in [0.1, 0.15) is 47.2 Å². The van der Waals surface area contributed by atoms with E-state index in [2.05, 4.69) is 22.1 Å². The van der Waals surface area contributed by atoms with E-state index in [-0.39, 0.29) is 5.69 Å². The monoisotopic (exact) mass is 416 g/mol. The molecule has 5 nitrogen and oxygen atoms in total. The van der Waals surface area contributed by atoms with Crippen LogP contribution in [0.3, 0.4) is 0 Å². The van der Waals surface area contributed by atoms with E-state index in [4.69, 9.17) is 4.98 Å². The van der Waals surface area contributed by atoms with Crippen LogP contribution in [-0.4, -0.2) is 28.5 Å². The third-order valence-electron chi connectivity index (χ3n) is 5.34. The number of benzene rings is 1. The topological polar surface area (TPSA) is 58.1 Å². The molecule has 3 aromatic rings. The Morgan fingerprint density at radius 3 is 2.76 bits per heavy atom. The van der Waals surface area contributed by atoms with Gasteiger partial charge in [-0.05, 0) is 57.7 Å². The summed E-state index contributed by atoms with van der Waals surface area (Å²) in [5, 5.41) is 3.42. The molecule has 1 aliphatic rings.